The van der Waals surface area contributed by atoms with Crippen molar-refractivity contribution < 1.29 is 4.79 Å². The van der Waals surface area contributed by atoms with Gasteiger partial charge in [0.1, 0.15) is 5.69 Å². The van der Waals surface area contributed by atoms with Crippen LogP contribution >= 0.6 is 0 Å². The van der Waals surface area contributed by atoms with Crippen LogP contribution in [0.5, 0.6) is 0 Å². The molecule has 1 amide bonds. The van der Waals surface area contributed by atoms with Crippen molar-refractivity contribution in [1.82, 2.24) is 14.9 Å². The van der Waals surface area contributed by atoms with Gasteiger partial charge in [0.05, 0.1) is 0 Å². The van der Waals surface area contributed by atoms with E-state index in [0.717, 1.165) is 45.3 Å². The fourth-order valence-electron chi connectivity index (χ4n) is 2.78. The van der Waals surface area contributed by atoms with Gasteiger partial charge in [-0.1, -0.05) is 30.3 Å². The van der Waals surface area contributed by atoms with Gasteiger partial charge in [0.15, 0.2) is 0 Å². The molecular weight excluding hydrogens is 288 g/mol. The van der Waals surface area contributed by atoms with Crippen LogP contribution in [0.3, 0.4) is 0 Å². The van der Waals surface area contributed by atoms with E-state index in [4.69, 9.17) is 0 Å². The monoisotopic (exact) mass is 310 g/mol. The van der Waals surface area contributed by atoms with Crippen LogP contribution in [0.1, 0.15) is 35.3 Å². The summed E-state index contributed by atoms with van der Waals surface area (Å²) in [6.07, 6.45) is 5.83. The zero-order valence-electron chi connectivity index (χ0n) is 13.2. The average Bonchev–Trinajstić information content (AvgIpc) is 3.14. The number of amides is 1. The zero-order chi connectivity index (χ0) is 15.9. The van der Waals surface area contributed by atoms with Crippen molar-refractivity contribution in [1.29, 1.82) is 0 Å². The van der Waals surface area contributed by atoms with Gasteiger partial charge >= 0.3 is 0 Å². The summed E-state index contributed by atoms with van der Waals surface area (Å²) in [6.45, 7) is 2.46. The molecule has 0 radical (unpaired) electrons. The van der Waals surface area contributed by atoms with Crippen LogP contribution in [-0.2, 0) is 6.42 Å². The normalized spacial score (nSPS) is 14.0. The molecule has 5 nitrogen and oxygen atoms in total. The van der Waals surface area contributed by atoms with Gasteiger partial charge in [0.25, 0.3) is 5.91 Å². The van der Waals surface area contributed by atoms with Crippen LogP contribution in [-0.4, -0.2) is 40.4 Å². The molecule has 1 N–H and O–H groups in total. The largest absolute Gasteiger partial charge is 0.354 e. The summed E-state index contributed by atoms with van der Waals surface area (Å²) < 4.78 is 0. The van der Waals surface area contributed by atoms with E-state index in [1.165, 1.54) is 5.56 Å². The molecule has 0 aliphatic carbocycles. The van der Waals surface area contributed by atoms with E-state index in [1.54, 1.807) is 12.3 Å². The number of nitrogens with one attached hydrogen (secondary N) is 1. The number of nitrogens with zero attached hydrogens (tertiary/aromatic N) is 3. The van der Waals surface area contributed by atoms with Crippen LogP contribution in [0.4, 0.5) is 5.95 Å². The Kier molecular flexibility index (Phi) is 5.19. The van der Waals surface area contributed by atoms with Crippen molar-refractivity contribution in [3.05, 3.63) is 53.9 Å². The minimum atomic E-state index is 0.0113. The number of rotatable bonds is 6. The van der Waals surface area contributed by atoms with Crippen molar-refractivity contribution in [3.8, 4) is 0 Å². The topological polar surface area (TPSA) is 58.1 Å². The van der Waals surface area contributed by atoms with Gasteiger partial charge in [-0.05, 0) is 37.3 Å². The molecule has 1 aromatic heterocycles. The minimum Gasteiger partial charge on any atom is -0.354 e. The van der Waals surface area contributed by atoms with Crippen LogP contribution in [0.25, 0.3) is 0 Å². The number of hydrogen-bond donors (Lipinski definition) is 1. The molecule has 1 fully saturated rings. The first-order chi connectivity index (χ1) is 11.3. The second-order valence-corrected chi connectivity index (χ2v) is 5.78. The summed E-state index contributed by atoms with van der Waals surface area (Å²) in [5.41, 5.74) is 1.81. The molecule has 120 valence electrons. The fraction of sp³-hybridized carbons (Fsp3) is 0.389. The smallest absolute Gasteiger partial charge is 0.272 e. The van der Waals surface area contributed by atoms with E-state index < -0.39 is 0 Å². The SMILES string of the molecule is O=C(c1ccnc(NCCCc2ccccc2)n1)N1CCCC1. The minimum absolute atomic E-state index is 0.0113. The van der Waals surface area contributed by atoms with Crippen LogP contribution in [0, 0.1) is 0 Å². The maximum atomic E-state index is 12.3. The zero-order valence-corrected chi connectivity index (χ0v) is 13.2. The average molecular weight is 310 g/mol. The summed E-state index contributed by atoms with van der Waals surface area (Å²) in [4.78, 5) is 22.7. The number of likely N-dealkylation sites (tertiary alicyclic amines) is 1. The highest BCUT2D eigenvalue weighted by molar-refractivity contribution is 5.92. The molecule has 1 aliphatic heterocycles. The molecule has 0 unspecified atom stereocenters. The lowest BCUT2D eigenvalue weighted by Gasteiger charge is -2.14. The van der Waals surface area contributed by atoms with Gasteiger partial charge in [-0.2, -0.15) is 0 Å². The molecule has 5 heteroatoms. The number of aryl methyl sites for hydroxylation is 1. The first-order valence-corrected chi connectivity index (χ1v) is 8.23. The molecule has 1 saturated heterocycles. The standard InChI is InChI=1S/C18H22N4O/c23-17(22-13-4-5-14-22)16-10-12-20-18(21-16)19-11-6-9-15-7-2-1-3-8-15/h1-3,7-8,10,12H,4-6,9,11,13-14H2,(H,19,20,21). The highest BCUT2D eigenvalue weighted by atomic mass is 16.2. The number of aromatic nitrogens is 2. The van der Waals surface area contributed by atoms with Crippen molar-refractivity contribution in [3.63, 3.8) is 0 Å². The highest BCUT2D eigenvalue weighted by Gasteiger charge is 2.20. The predicted molar refractivity (Wildman–Crippen MR) is 90.4 cm³/mol. The van der Waals surface area contributed by atoms with E-state index in [-0.39, 0.29) is 5.91 Å². The molecule has 2 aromatic rings. The van der Waals surface area contributed by atoms with E-state index >= 15 is 0 Å². The van der Waals surface area contributed by atoms with Crippen molar-refractivity contribution in [2.45, 2.75) is 25.7 Å². The summed E-state index contributed by atoms with van der Waals surface area (Å²) in [7, 11) is 0. The highest BCUT2D eigenvalue weighted by Crippen LogP contribution is 2.12. The van der Waals surface area contributed by atoms with Crippen LogP contribution < -0.4 is 5.32 Å². The summed E-state index contributed by atoms with van der Waals surface area (Å²) in [5.74, 6) is 0.542. The maximum Gasteiger partial charge on any atom is 0.272 e. The Morgan fingerprint density at radius 1 is 1.13 bits per heavy atom. The van der Waals surface area contributed by atoms with Gasteiger partial charge in [0.2, 0.25) is 5.95 Å². The Bertz CT molecular complexity index is 638. The number of anilines is 1. The summed E-state index contributed by atoms with van der Waals surface area (Å²) in [6, 6.07) is 12.1. The second kappa shape index (κ2) is 7.72. The first-order valence-electron chi connectivity index (χ1n) is 8.23. The van der Waals surface area contributed by atoms with E-state index in [2.05, 4.69) is 39.6 Å². The molecular formula is C18H22N4O. The fourth-order valence-corrected chi connectivity index (χ4v) is 2.78. The van der Waals surface area contributed by atoms with Gasteiger partial charge < -0.3 is 10.2 Å². The van der Waals surface area contributed by atoms with Crippen LogP contribution in [0.2, 0.25) is 0 Å². The molecule has 1 aliphatic rings. The molecule has 1 aromatic carbocycles. The number of hydrogen-bond acceptors (Lipinski definition) is 4. The Balaban J connectivity index is 1.50. The van der Waals surface area contributed by atoms with Crippen molar-refractivity contribution >= 4 is 11.9 Å². The van der Waals surface area contributed by atoms with Gasteiger partial charge in [-0.15, -0.1) is 0 Å². The molecule has 2 heterocycles. The number of benzene rings is 1. The third kappa shape index (κ3) is 4.28. The van der Waals surface area contributed by atoms with E-state index in [0.29, 0.717) is 11.6 Å². The van der Waals surface area contributed by atoms with Gasteiger partial charge in [0, 0.05) is 25.8 Å². The quantitative estimate of drug-likeness (QED) is 0.834. The Labute approximate surface area is 136 Å². The van der Waals surface area contributed by atoms with Gasteiger partial charge in [-0.25, -0.2) is 9.97 Å². The Morgan fingerprint density at radius 2 is 1.91 bits per heavy atom. The lowest BCUT2D eigenvalue weighted by Crippen LogP contribution is -2.28. The molecule has 23 heavy (non-hydrogen) atoms. The summed E-state index contributed by atoms with van der Waals surface area (Å²) in [5, 5.41) is 3.21. The lowest BCUT2D eigenvalue weighted by molar-refractivity contribution is 0.0787. The Hall–Kier alpha value is -2.43. The van der Waals surface area contributed by atoms with Gasteiger partial charge in [-0.3, -0.25) is 4.79 Å². The molecule has 0 spiro atoms. The number of carbonyl (C=O) groups excluding carboxylic acids is 1. The molecule has 0 saturated carbocycles. The molecule has 3 rings (SSSR count). The Morgan fingerprint density at radius 3 is 2.70 bits per heavy atom. The van der Waals surface area contributed by atoms with E-state index in [9.17, 15) is 4.79 Å². The third-order valence-electron chi connectivity index (χ3n) is 4.04. The maximum absolute atomic E-state index is 12.3. The van der Waals surface area contributed by atoms with Crippen molar-refractivity contribution in [2.75, 3.05) is 25.0 Å². The predicted octanol–water partition coefficient (Wildman–Crippen LogP) is 2.76. The third-order valence-corrected chi connectivity index (χ3v) is 4.04. The van der Waals surface area contributed by atoms with Crippen LogP contribution in [0.15, 0.2) is 42.6 Å². The lowest BCUT2D eigenvalue weighted by atomic mass is 10.1. The number of carbonyl (C=O) groups is 1. The second-order valence-electron chi connectivity index (χ2n) is 5.78. The molecule has 0 atom stereocenters. The molecule has 0 bridgehead atoms. The first kappa shape index (κ1) is 15.5. The summed E-state index contributed by atoms with van der Waals surface area (Å²) >= 11 is 0. The van der Waals surface area contributed by atoms with Crippen molar-refractivity contribution in [2.24, 2.45) is 0 Å². The van der Waals surface area contributed by atoms with E-state index in [1.807, 2.05) is 11.0 Å².